The molecule has 0 aliphatic carbocycles. The highest BCUT2D eigenvalue weighted by molar-refractivity contribution is 7.91. The van der Waals surface area contributed by atoms with Crippen molar-refractivity contribution in [2.45, 2.75) is 29.8 Å². The van der Waals surface area contributed by atoms with Gasteiger partial charge in [0, 0.05) is 19.4 Å². The van der Waals surface area contributed by atoms with Gasteiger partial charge in [0.15, 0.2) is 27.3 Å². The average molecular weight is 498 g/mol. The molecule has 33 heavy (non-hydrogen) atoms. The Balaban J connectivity index is 2.26. The Morgan fingerprint density at radius 1 is 0.909 bits per heavy atom. The molecular weight excluding hydrogens is 485 g/mol. The Morgan fingerprint density at radius 3 is 2.06 bits per heavy atom. The third-order valence-electron chi connectivity index (χ3n) is 4.51. The maximum atomic E-state index is 14.3. The van der Waals surface area contributed by atoms with Crippen molar-refractivity contribution in [1.82, 2.24) is 29.5 Å². The Hall–Kier alpha value is -3.17. The van der Waals surface area contributed by atoms with E-state index >= 15 is 0 Å². The molecule has 16 heteroatoms. The molecule has 3 aromatic heterocycles. The molecule has 0 aromatic carbocycles. The van der Waals surface area contributed by atoms with Gasteiger partial charge in [-0.15, -0.1) is 0 Å². The summed E-state index contributed by atoms with van der Waals surface area (Å²) in [6.07, 6.45) is -3.03. The van der Waals surface area contributed by atoms with E-state index in [0.717, 1.165) is 13.2 Å². The van der Waals surface area contributed by atoms with Crippen LogP contribution in [0.1, 0.15) is 12.6 Å². The summed E-state index contributed by atoms with van der Waals surface area (Å²) in [5, 5.41) is 0. The molecule has 3 rings (SSSR count). The Bertz CT molecular complexity index is 1280. The number of halogens is 7. The van der Waals surface area contributed by atoms with Crippen LogP contribution in [0.15, 0.2) is 35.7 Å². The molecule has 0 unspecified atom stereocenters. The molecule has 0 N–H and O–H groups in total. The number of imidazole rings is 1. The lowest BCUT2D eigenvalue weighted by atomic mass is 10.1. The lowest BCUT2D eigenvalue weighted by Gasteiger charge is -2.28. The minimum atomic E-state index is -6.57. The third kappa shape index (κ3) is 4.02. The molecule has 0 aliphatic rings. The number of hydrogen-bond donors (Lipinski definition) is 0. The Kier molecular flexibility index (Phi) is 5.93. The number of alkyl halides is 7. The van der Waals surface area contributed by atoms with Crippen LogP contribution in [0.3, 0.4) is 0 Å². The fraction of sp³-hybridized carbons (Fsp3) is 0.353. The molecule has 0 spiro atoms. The van der Waals surface area contributed by atoms with Gasteiger partial charge in [-0.1, -0.05) is 6.92 Å². The van der Waals surface area contributed by atoms with Gasteiger partial charge in [0.25, 0.3) is 0 Å². The molecule has 0 amide bonds. The minimum Gasteiger partial charge on any atom is -0.325 e. The van der Waals surface area contributed by atoms with Crippen molar-refractivity contribution in [1.29, 1.82) is 0 Å². The molecule has 0 aliphatic heterocycles. The Labute approximate surface area is 181 Å². The second-order valence-electron chi connectivity index (χ2n) is 6.55. The highest BCUT2D eigenvalue weighted by Gasteiger charge is 2.74. The summed E-state index contributed by atoms with van der Waals surface area (Å²) in [5.41, 5.74) is -2.41. The molecule has 0 radical (unpaired) electrons. The summed E-state index contributed by atoms with van der Waals surface area (Å²) in [4.78, 5) is 18.4. The minimum absolute atomic E-state index is 0.0948. The van der Waals surface area contributed by atoms with Gasteiger partial charge < -0.3 is 4.57 Å². The zero-order chi connectivity index (χ0) is 24.8. The van der Waals surface area contributed by atoms with Gasteiger partial charge in [0.2, 0.25) is 0 Å². The van der Waals surface area contributed by atoms with Crippen LogP contribution in [0.5, 0.6) is 0 Å². The van der Waals surface area contributed by atoms with E-state index in [0.29, 0.717) is 0 Å². The smallest absolute Gasteiger partial charge is 0.325 e. The van der Waals surface area contributed by atoms with Crippen LogP contribution >= 0.6 is 0 Å². The van der Waals surface area contributed by atoms with Gasteiger partial charge in [-0.05, 0) is 6.07 Å². The predicted molar refractivity (Wildman–Crippen MR) is 97.9 cm³/mol. The highest BCUT2D eigenvalue weighted by atomic mass is 32.2. The van der Waals surface area contributed by atoms with E-state index < -0.39 is 55.7 Å². The van der Waals surface area contributed by atoms with Gasteiger partial charge in [-0.2, -0.15) is 30.7 Å². The molecule has 178 valence electrons. The zero-order valence-electron chi connectivity index (χ0n) is 16.6. The SMILES string of the molecule is CCS(=O)(=O)c1cnc(-c2ncccn2)nc1-c1ncc(C(F)(F)C(F)(F)C(F)(F)F)n1C. The standard InChI is InChI=1S/C17H13F7N6O2S/c1-3-33(31,32)9-7-27-13(12-25-5-4-6-26-12)29-11(9)14-28-8-10(30(14)2)15(18,19)16(20,21)17(22,23)24/h4-8H,3H2,1-2H3. The second-order valence-corrected chi connectivity index (χ2v) is 8.80. The number of sulfone groups is 1. The molecule has 0 atom stereocenters. The van der Waals surface area contributed by atoms with Crippen molar-refractivity contribution >= 4 is 9.84 Å². The fourth-order valence-electron chi connectivity index (χ4n) is 2.70. The lowest BCUT2D eigenvalue weighted by Crippen LogP contribution is -2.50. The molecule has 0 fully saturated rings. The van der Waals surface area contributed by atoms with E-state index in [1.807, 2.05) is 0 Å². The van der Waals surface area contributed by atoms with Crippen molar-refractivity contribution in [3.05, 3.63) is 36.5 Å². The van der Waals surface area contributed by atoms with Gasteiger partial charge in [0.1, 0.15) is 16.3 Å². The first-order valence-electron chi connectivity index (χ1n) is 8.87. The van der Waals surface area contributed by atoms with E-state index in [1.165, 1.54) is 25.4 Å². The maximum absolute atomic E-state index is 14.3. The molecule has 0 saturated heterocycles. The van der Waals surface area contributed by atoms with Crippen LogP contribution in [-0.4, -0.2) is 55.8 Å². The Morgan fingerprint density at radius 2 is 1.52 bits per heavy atom. The molecule has 8 nitrogen and oxygen atoms in total. The number of rotatable bonds is 6. The molecule has 3 aromatic rings. The second kappa shape index (κ2) is 8.00. The van der Waals surface area contributed by atoms with Gasteiger partial charge in [-0.3, -0.25) is 0 Å². The molecule has 0 saturated carbocycles. The summed E-state index contributed by atoms with van der Waals surface area (Å²) in [6, 6.07) is 1.45. The maximum Gasteiger partial charge on any atom is 0.460 e. The summed E-state index contributed by atoms with van der Waals surface area (Å²) in [7, 11) is -3.38. The number of aromatic nitrogens is 6. The van der Waals surface area contributed by atoms with Crippen molar-refractivity contribution in [2.75, 3.05) is 5.75 Å². The van der Waals surface area contributed by atoms with E-state index in [2.05, 4.69) is 24.9 Å². The van der Waals surface area contributed by atoms with E-state index in [4.69, 9.17) is 0 Å². The first-order chi connectivity index (χ1) is 15.1. The van der Waals surface area contributed by atoms with Crippen molar-refractivity contribution in [3.63, 3.8) is 0 Å². The van der Waals surface area contributed by atoms with Crippen LogP contribution in [0.2, 0.25) is 0 Å². The van der Waals surface area contributed by atoms with E-state index in [-0.39, 0.29) is 22.4 Å². The number of nitrogens with zero attached hydrogens (tertiary/aromatic N) is 6. The summed E-state index contributed by atoms with van der Waals surface area (Å²) in [5.74, 6) is -13.7. The first kappa shape index (κ1) is 24.5. The lowest BCUT2D eigenvalue weighted by molar-refractivity contribution is -0.360. The van der Waals surface area contributed by atoms with Gasteiger partial charge >= 0.3 is 18.0 Å². The highest BCUT2D eigenvalue weighted by Crippen LogP contribution is 2.52. The summed E-state index contributed by atoms with van der Waals surface area (Å²) in [6.45, 7) is 1.26. The molecule has 3 heterocycles. The topological polar surface area (TPSA) is 104 Å². The van der Waals surface area contributed by atoms with Crippen molar-refractivity contribution in [2.24, 2.45) is 7.05 Å². The largest absolute Gasteiger partial charge is 0.460 e. The quantitative estimate of drug-likeness (QED) is 0.480. The van der Waals surface area contributed by atoms with Gasteiger partial charge in [-0.25, -0.2) is 33.3 Å². The monoisotopic (exact) mass is 498 g/mol. The fourth-order valence-corrected chi connectivity index (χ4v) is 3.65. The summed E-state index contributed by atoms with van der Waals surface area (Å²) < 4.78 is 119. The van der Waals surface area contributed by atoms with Crippen LogP contribution in [0, 0.1) is 0 Å². The van der Waals surface area contributed by atoms with Crippen LogP contribution in [-0.2, 0) is 22.8 Å². The molecular formula is C17H13F7N6O2S. The van der Waals surface area contributed by atoms with Gasteiger partial charge in [0.05, 0.1) is 18.1 Å². The first-order valence-corrected chi connectivity index (χ1v) is 10.5. The summed E-state index contributed by atoms with van der Waals surface area (Å²) >= 11 is 0. The van der Waals surface area contributed by atoms with Crippen molar-refractivity contribution in [3.8, 4) is 23.2 Å². The average Bonchev–Trinajstić information content (AvgIpc) is 3.15. The van der Waals surface area contributed by atoms with Crippen LogP contribution < -0.4 is 0 Å². The molecule has 0 bridgehead atoms. The van der Waals surface area contributed by atoms with Crippen molar-refractivity contribution < 1.29 is 39.2 Å². The van der Waals surface area contributed by atoms with E-state index in [1.54, 1.807) is 0 Å². The third-order valence-corrected chi connectivity index (χ3v) is 6.24. The normalized spacial score (nSPS) is 13.4. The van der Waals surface area contributed by atoms with E-state index in [9.17, 15) is 39.2 Å². The number of hydrogen-bond acceptors (Lipinski definition) is 7. The van der Waals surface area contributed by atoms with Crippen LogP contribution in [0.25, 0.3) is 23.2 Å². The zero-order valence-corrected chi connectivity index (χ0v) is 17.5. The van der Waals surface area contributed by atoms with Crippen LogP contribution in [0.4, 0.5) is 30.7 Å². The predicted octanol–water partition coefficient (Wildman–Crippen LogP) is 3.42.